The topological polar surface area (TPSA) is 68.3 Å². The quantitative estimate of drug-likeness (QED) is 0.584. The highest BCUT2D eigenvalue weighted by Gasteiger charge is 2.32. The molecule has 0 aliphatic rings. The second kappa shape index (κ2) is 9.12. The minimum atomic E-state index is -4.49. The summed E-state index contributed by atoms with van der Waals surface area (Å²) in [6.45, 7) is 0. The maximum atomic E-state index is 12.3. The molecule has 0 saturated heterocycles. The highest BCUT2D eigenvalue weighted by atomic mass is 19.4. The van der Waals surface area contributed by atoms with Crippen LogP contribution < -0.4 is 5.32 Å². The summed E-state index contributed by atoms with van der Waals surface area (Å²) in [5, 5.41) is 2.50. The summed E-state index contributed by atoms with van der Waals surface area (Å²) in [5.41, 5.74) is -0.769. The number of esters is 1. The van der Waals surface area contributed by atoms with Gasteiger partial charge in [-0.3, -0.25) is 9.59 Å². The number of alkyl halides is 3. The van der Waals surface area contributed by atoms with Crippen LogP contribution in [0.1, 0.15) is 44.2 Å². The van der Waals surface area contributed by atoms with E-state index in [0.29, 0.717) is 19.3 Å². The Hall–Kier alpha value is -2.12. The van der Waals surface area contributed by atoms with Crippen molar-refractivity contribution >= 4 is 17.6 Å². The molecule has 1 aromatic heterocycles. The lowest BCUT2D eigenvalue weighted by Crippen LogP contribution is -2.13. The molecule has 1 rings (SSSR count). The number of carbonyl (C=O) groups excluding carboxylic acids is 2. The van der Waals surface area contributed by atoms with Gasteiger partial charge in [0.05, 0.1) is 19.0 Å². The van der Waals surface area contributed by atoms with Crippen molar-refractivity contribution in [2.75, 3.05) is 12.4 Å². The van der Waals surface area contributed by atoms with Gasteiger partial charge in [-0.15, -0.1) is 0 Å². The molecule has 0 bridgehead atoms. The number of hydrogen-bond donors (Lipinski definition) is 1. The second-order valence-electron chi connectivity index (χ2n) is 4.97. The first-order valence-corrected chi connectivity index (χ1v) is 7.23. The van der Waals surface area contributed by atoms with Crippen LogP contribution in [0.5, 0.6) is 0 Å². The van der Waals surface area contributed by atoms with E-state index in [0.717, 1.165) is 25.1 Å². The maximum Gasteiger partial charge on any atom is 0.433 e. The first kappa shape index (κ1) is 18.9. The number of nitrogens with one attached hydrogen (secondary N) is 1. The van der Waals surface area contributed by atoms with Gasteiger partial charge >= 0.3 is 12.1 Å². The second-order valence-corrected chi connectivity index (χ2v) is 4.97. The zero-order valence-corrected chi connectivity index (χ0v) is 12.8. The highest BCUT2D eigenvalue weighted by Crippen LogP contribution is 2.27. The molecule has 0 unspecified atom stereocenters. The Morgan fingerprint density at radius 1 is 1.13 bits per heavy atom. The fourth-order valence-electron chi connectivity index (χ4n) is 1.87. The van der Waals surface area contributed by atoms with Crippen molar-refractivity contribution in [3.63, 3.8) is 0 Å². The van der Waals surface area contributed by atoms with Gasteiger partial charge in [-0.25, -0.2) is 4.98 Å². The summed E-state index contributed by atoms with van der Waals surface area (Å²) in [7, 11) is 1.34. The Bertz CT molecular complexity index is 516. The lowest BCUT2D eigenvalue weighted by atomic mass is 10.1. The minimum absolute atomic E-state index is 0.230. The van der Waals surface area contributed by atoms with Crippen LogP contribution >= 0.6 is 0 Å². The van der Waals surface area contributed by atoms with Crippen molar-refractivity contribution in [2.45, 2.75) is 44.7 Å². The van der Waals surface area contributed by atoms with E-state index in [-0.39, 0.29) is 24.0 Å². The van der Waals surface area contributed by atoms with Crippen molar-refractivity contribution in [3.05, 3.63) is 24.0 Å². The third kappa shape index (κ3) is 7.62. The number of halogens is 3. The van der Waals surface area contributed by atoms with Gasteiger partial charge in [0.25, 0.3) is 0 Å². The van der Waals surface area contributed by atoms with Crippen molar-refractivity contribution in [1.29, 1.82) is 0 Å². The Balaban J connectivity index is 2.23. The number of rotatable bonds is 8. The van der Waals surface area contributed by atoms with Crippen LogP contribution in [0.3, 0.4) is 0 Å². The SMILES string of the molecule is COC(=O)CCCCCCC(=O)Nc1ccc(C(F)(F)F)nc1. The summed E-state index contributed by atoms with van der Waals surface area (Å²) in [5.74, 6) is -0.530. The summed E-state index contributed by atoms with van der Waals surface area (Å²) in [4.78, 5) is 25.8. The molecule has 128 valence electrons. The Morgan fingerprint density at radius 3 is 2.30 bits per heavy atom. The van der Waals surface area contributed by atoms with E-state index in [4.69, 9.17) is 0 Å². The van der Waals surface area contributed by atoms with Crippen molar-refractivity contribution in [1.82, 2.24) is 4.98 Å². The molecule has 1 heterocycles. The Kier molecular flexibility index (Phi) is 7.50. The average Bonchev–Trinajstić information content (AvgIpc) is 2.50. The van der Waals surface area contributed by atoms with Gasteiger partial charge in [0.2, 0.25) is 5.91 Å². The monoisotopic (exact) mass is 332 g/mol. The average molecular weight is 332 g/mol. The maximum absolute atomic E-state index is 12.3. The van der Waals surface area contributed by atoms with Crippen LogP contribution in [0.25, 0.3) is 0 Å². The van der Waals surface area contributed by atoms with Crippen LogP contribution in [0.15, 0.2) is 18.3 Å². The number of nitrogens with zero attached hydrogens (tertiary/aromatic N) is 1. The third-order valence-electron chi connectivity index (χ3n) is 3.10. The Morgan fingerprint density at radius 2 is 1.78 bits per heavy atom. The number of pyridine rings is 1. The molecule has 8 heteroatoms. The number of ether oxygens (including phenoxy) is 1. The van der Waals surface area contributed by atoms with Crippen LogP contribution in [-0.2, 0) is 20.5 Å². The fraction of sp³-hybridized carbons (Fsp3) is 0.533. The predicted molar refractivity (Wildman–Crippen MR) is 77.6 cm³/mol. The summed E-state index contributed by atoms with van der Waals surface area (Å²) >= 11 is 0. The van der Waals surface area contributed by atoms with Gasteiger partial charge in [-0.05, 0) is 25.0 Å². The summed E-state index contributed by atoms with van der Waals surface area (Å²) < 4.78 is 41.5. The van der Waals surface area contributed by atoms with Gasteiger partial charge in [0, 0.05) is 12.8 Å². The zero-order valence-electron chi connectivity index (χ0n) is 12.8. The number of amides is 1. The predicted octanol–water partition coefficient (Wildman–Crippen LogP) is 3.55. The first-order chi connectivity index (χ1) is 10.8. The van der Waals surface area contributed by atoms with E-state index >= 15 is 0 Å². The lowest BCUT2D eigenvalue weighted by Gasteiger charge is -2.08. The molecule has 0 aliphatic carbocycles. The van der Waals surface area contributed by atoms with Gasteiger partial charge in [0.15, 0.2) is 0 Å². The molecule has 0 saturated carbocycles. The van der Waals surface area contributed by atoms with Gasteiger partial charge in [-0.2, -0.15) is 13.2 Å². The number of unbranched alkanes of at least 4 members (excludes halogenated alkanes) is 3. The molecule has 1 amide bonds. The first-order valence-electron chi connectivity index (χ1n) is 7.23. The number of hydrogen-bond acceptors (Lipinski definition) is 4. The molecule has 0 spiro atoms. The molecule has 0 atom stereocenters. The molecule has 0 radical (unpaired) electrons. The van der Waals surface area contributed by atoms with E-state index in [1.54, 1.807) is 0 Å². The van der Waals surface area contributed by atoms with E-state index in [1.807, 2.05) is 0 Å². The van der Waals surface area contributed by atoms with E-state index in [1.165, 1.54) is 13.2 Å². The molecule has 1 N–H and O–H groups in total. The molecule has 0 aromatic carbocycles. The fourth-order valence-corrected chi connectivity index (χ4v) is 1.87. The van der Waals surface area contributed by atoms with Crippen LogP contribution in [0.2, 0.25) is 0 Å². The minimum Gasteiger partial charge on any atom is -0.469 e. The lowest BCUT2D eigenvalue weighted by molar-refractivity contribution is -0.141. The third-order valence-corrected chi connectivity index (χ3v) is 3.10. The molecule has 0 fully saturated rings. The Labute approximate surface area is 132 Å². The van der Waals surface area contributed by atoms with Crippen LogP contribution in [0, 0.1) is 0 Å². The summed E-state index contributed by atoms with van der Waals surface area (Å²) in [6.07, 6.45) is 0.0566. The molecular formula is C15H19F3N2O3. The van der Waals surface area contributed by atoms with Crippen LogP contribution in [0.4, 0.5) is 18.9 Å². The summed E-state index contributed by atoms with van der Waals surface area (Å²) in [6, 6.07) is 1.99. The smallest absolute Gasteiger partial charge is 0.433 e. The number of methoxy groups -OCH3 is 1. The van der Waals surface area contributed by atoms with Gasteiger partial charge in [0.1, 0.15) is 5.69 Å². The van der Waals surface area contributed by atoms with E-state index in [2.05, 4.69) is 15.0 Å². The largest absolute Gasteiger partial charge is 0.469 e. The molecule has 1 aromatic rings. The van der Waals surface area contributed by atoms with Crippen molar-refractivity contribution in [3.8, 4) is 0 Å². The van der Waals surface area contributed by atoms with Crippen LogP contribution in [-0.4, -0.2) is 24.0 Å². The molecule has 5 nitrogen and oxygen atoms in total. The standard InChI is InChI=1S/C15H19F3N2O3/c1-23-14(22)7-5-3-2-4-6-13(21)20-11-8-9-12(19-10-11)15(16,17)18/h8-10H,2-7H2,1H3,(H,20,21). The number of aromatic nitrogens is 1. The highest BCUT2D eigenvalue weighted by molar-refractivity contribution is 5.90. The van der Waals surface area contributed by atoms with E-state index in [9.17, 15) is 22.8 Å². The molecular weight excluding hydrogens is 313 g/mol. The van der Waals surface area contributed by atoms with Gasteiger partial charge in [-0.1, -0.05) is 12.8 Å². The number of anilines is 1. The van der Waals surface area contributed by atoms with Gasteiger partial charge < -0.3 is 10.1 Å². The van der Waals surface area contributed by atoms with E-state index < -0.39 is 11.9 Å². The zero-order chi connectivity index (χ0) is 17.3. The van der Waals surface area contributed by atoms with Crippen molar-refractivity contribution < 1.29 is 27.5 Å². The molecule has 0 aliphatic heterocycles. The normalized spacial score (nSPS) is 11.1. The van der Waals surface area contributed by atoms with Crippen molar-refractivity contribution in [2.24, 2.45) is 0 Å². The number of carbonyl (C=O) groups is 2. The molecule has 23 heavy (non-hydrogen) atoms.